The minimum atomic E-state index is -0.211. The normalized spacial score (nSPS) is 18.1. The standard InChI is InChI=1S/C15H11F/c16-14-10-12-8-4-5-9-13(12)15(14)11-6-2-1-3-7-11/h1-10,15H. The summed E-state index contributed by atoms with van der Waals surface area (Å²) in [4.78, 5) is 0. The summed E-state index contributed by atoms with van der Waals surface area (Å²) in [6, 6.07) is 17.6. The lowest BCUT2D eigenvalue weighted by Gasteiger charge is -2.12. The van der Waals surface area contributed by atoms with E-state index >= 15 is 0 Å². The SMILES string of the molecule is FC1=Cc2ccccc2C1c1ccccc1. The van der Waals surface area contributed by atoms with Gasteiger partial charge in [0, 0.05) is 0 Å². The minimum absolute atomic E-state index is 0.0626. The molecule has 78 valence electrons. The van der Waals surface area contributed by atoms with Crippen molar-refractivity contribution in [2.24, 2.45) is 0 Å². The molecule has 3 rings (SSSR count). The van der Waals surface area contributed by atoms with Crippen LogP contribution in [0.4, 0.5) is 4.39 Å². The molecular formula is C15H11F. The molecule has 0 saturated heterocycles. The summed E-state index contributed by atoms with van der Waals surface area (Å²) in [5.41, 5.74) is 3.07. The Balaban J connectivity index is 2.14. The largest absolute Gasteiger partial charge is 0.211 e. The maximum Gasteiger partial charge on any atom is 0.112 e. The van der Waals surface area contributed by atoms with Gasteiger partial charge in [-0.25, -0.2) is 4.39 Å². The van der Waals surface area contributed by atoms with Crippen molar-refractivity contribution in [1.29, 1.82) is 0 Å². The van der Waals surface area contributed by atoms with Crippen molar-refractivity contribution < 1.29 is 4.39 Å². The lowest BCUT2D eigenvalue weighted by molar-refractivity contribution is 0.594. The number of hydrogen-bond donors (Lipinski definition) is 0. The van der Waals surface area contributed by atoms with Gasteiger partial charge < -0.3 is 0 Å². The lowest BCUT2D eigenvalue weighted by Crippen LogP contribution is -1.98. The molecule has 0 spiro atoms. The molecule has 0 heterocycles. The van der Waals surface area contributed by atoms with E-state index in [1.54, 1.807) is 6.08 Å². The summed E-state index contributed by atoms with van der Waals surface area (Å²) in [7, 11) is 0. The van der Waals surface area contributed by atoms with Crippen LogP contribution in [-0.2, 0) is 0 Å². The Labute approximate surface area is 94.1 Å². The fourth-order valence-corrected chi connectivity index (χ4v) is 2.27. The van der Waals surface area contributed by atoms with Crippen LogP contribution in [-0.4, -0.2) is 0 Å². The predicted octanol–water partition coefficient (Wildman–Crippen LogP) is 4.14. The van der Waals surface area contributed by atoms with Gasteiger partial charge >= 0.3 is 0 Å². The summed E-state index contributed by atoms with van der Waals surface area (Å²) in [5.74, 6) is -0.273. The second-order valence-electron chi connectivity index (χ2n) is 4.00. The van der Waals surface area contributed by atoms with Gasteiger partial charge in [-0.3, -0.25) is 0 Å². The zero-order valence-corrected chi connectivity index (χ0v) is 8.73. The Bertz CT molecular complexity index is 540. The third-order valence-electron chi connectivity index (χ3n) is 3.01. The second-order valence-corrected chi connectivity index (χ2v) is 4.00. The molecule has 0 aliphatic heterocycles. The summed E-state index contributed by atoms with van der Waals surface area (Å²) < 4.78 is 13.9. The van der Waals surface area contributed by atoms with Crippen molar-refractivity contribution in [3.63, 3.8) is 0 Å². The molecule has 0 N–H and O–H groups in total. The molecule has 0 amide bonds. The first kappa shape index (κ1) is 9.34. The molecule has 0 bridgehead atoms. The molecule has 1 unspecified atom stereocenters. The van der Waals surface area contributed by atoms with Crippen LogP contribution in [0.25, 0.3) is 6.08 Å². The van der Waals surface area contributed by atoms with Crippen LogP contribution in [0.1, 0.15) is 22.6 Å². The molecule has 0 nitrogen and oxygen atoms in total. The zero-order chi connectivity index (χ0) is 11.0. The molecule has 1 aliphatic carbocycles. The number of benzene rings is 2. The van der Waals surface area contributed by atoms with Crippen LogP contribution in [0.5, 0.6) is 0 Å². The molecule has 1 heteroatoms. The molecule has 2 aromatic rings. The van der Waals surface area contributed by atoms with Gasteiger partial charge in [-0.15, -0.1) is 0 Å². The van der Waals surface area contributed by atoms with Crippen molar-refractivity contribution in [2.45, 2.75) is 5.92 Å². The van der Waals surface area contributed by atoms with Gasteiger partial charge in [0.1, 0.15) is 5.83 Å². The number of hydrogen-bond acceptors (Lipinski definition) is 0. The van der Waals surface area contributed by atoms with Gasteiger partial charge in [0.25, 0.3) is 0 Å². The summed E-state index contributed by atoms with van der Waals surface area (Å²) in [6.45, 7) is 0. The minimum Gasteiger partial charge on any atom is -0.211 e. The van der Waals surface area contributed by atoms with Gasteiger partial charge in [-0.05, 0) is 22.8 Å². The Kier molecular flexibility index (Phi) is 2.10. The third kappa shape index (κ3) is 1.36. The fourth-order valence-electron chi connectivity index (χ4n) is 2.27. The number of fused-ring (bicyclic) bond motifs is 1. The zero-order valence-electron chi connectivity index (χ0n) is 8.73. The molecule has 0 aromatic heterocycles. The van der Waals surface area contributed by atoms with E-state index in [2.05, 4.69) is 0 Å². The van der Waals surface area contributed by atoms with E-state index in [4.69, 9.17) is 0 Å². The lowest BCUT2D eigenvalue weighted by atomic mass is 9.93. The molecule has 1 aliphatic rings. The van der Waals surface area contributed by atoms with Gasteiger partial charge in [0.2, 0.25) is 0 Å². The first-order valence-electron chi connectivity index (χ1n) is 5.37. The number of halogens is 1. The predicted molar refractivity (Wildman–Crippen MR) is 63.8 cm³/mol. The molecule has 0 radical (unpaired) electrons. The van der Waals surface area contributed by atoms with E-state index in [0.717, 1.165) is 16.7 Å². The van der Waals surface area contributed by atoms with E-state index in [-0.39, 0.29) is 11.7 Å². The highest BCUT2D eigenvalue weighted by Crippen LogP contribution is 2.41. The highest BCUT2D eigenvalue weighted by Gasteiger charge is 2.26. The van der Waals surface area contributed by atoms with Gasteiger partial charge in [-0.1, -0.05) is 54.6 Å². The van der Waals surface area contributed by atoms with Crippen molar-refractivity contribution >= 4 is 6.08 Å². The van der Waals surface area contributed by atoms with E-state index in [0.29, 0.717) is 0 Å². The van der Waals surface area contributed by atoms with E-state index in [1.165, 1.54) is 0 Å². The van der Waals surface area contributed by atoms with Crippen LogP contribution in [0, 0.1) is 0 Å². The Morgan fingerprint density at radius 3 is 2.31 bits per heavy atom. The number of allylic oxidation sites excluding steroid dienone is 1. The monoisotopic (exact) mass is 210 g/mol. The average molecular weight is 210 g/mol. The molecule has 0 saturated carbocycles. The first-order valence-corrected chi connectivity index (χ1v) is 5.37. The molecule has 1 atom stereocenters. The van der Waals surface area contributed by atoms with E-state index < -0.39 is 0 Å². The first-order chi connectivity index (χ1) is 7.86. The third-order valence-corrected chi connectivity index (χ3v) is 3.01. The maximum atomic E-state index is 13.9. The van der Waals surface area contributed by atoms with Crippen LogP contribution < -0.4 is 0 Å². The molecule has 2 aromatic carbocycles. The van der Waals surface area contributed by atoms with E-state index in [9.17, 15) is 4.39 Å². The van der Waals surface area contributed by atoms with Crippen LogP contribution in [0.15, 0.2) is 60.4 Å². The van der Waals surface area contributed by atoms with Crippen LogP contribution in [0.3, 0.4) is 0 Å². The molecule has 0 fully saturated rings. The Morgan fingerprint density at radius 1 is 0.812 bits per heavy atom. The van der Waals surface area contributed by atoms with Crippen molar-refractivity contribution in [3.05, 3.63) is 77.1 Å². The van der Waals surface area contributed by atoms with Gasteiger partial charge in [0.05, 0.1) is 5.92 Å². The fraction of sp³-hybridized carbons (Fsp3) is 0.0667. The number of rotatable bonds is 1. The summed E-state index contributed by atoms with van der Waals surface area (Å²) >= 11 is 0. The highest BCUT2D eigenvalue weighted by molar-refractivity contribution is 5.67. The molecular weight excluding hydrogens is 199 g/mol. The van der Waals surface area contributed by atoms with Crippen LogP contribution in [0.2, 0.25) is 0 Å². The summed E-state index contributed by atoms with van der Waals surface area (Å²) in [6.07, 6.45) is 1.63. The Hall–Kier alpha value is -1.89. The highest BCUT2D eigenvalue weighted by atomic mass is 19.1. The maximum absolute atomic E-state index is 13.9. The van der Waals surface area contributed by atoms with Gasteiger partial charge in [-0.2, -0.15) is 0 Å². The topological polar surface area (TPSA) is 0 Å². The second kappa shape index (κ2) is 3.60. The van der Waals surface area contributed by atoms with Crippen molar-refractivity contribution in [3.8, 4) is 0 Å². The quantitative estimate of drug-likeness (QED) is 0.663. The Morgan fingerprint density at radius 2 is 1.50 bits per heavy atom. The summed E-state index contributed by atoms with van der Waals surface area (Å²) in [5, 5.41) is 0. The van der Waals surface area contributed by atoms with Crippen molar-refractivity contribution in [1.82, 2.24) is 0 Å². The van der Waals surface area contributed by atoms with Crippen molar-refractivity contribution in [2.75, 3.05) is 0 Å². The molecule has 16 heavy (non-hydrogen) atoms. The van der Waals surface area contributed by atoms with E-state index in [1.807, 2.05) is 54.6 Å². The smallest absolute Gasteiger partial charge is 0.112 e. The van der Waals surface area contributed by atoms with Gasteiger partial charge in [0.15, 0.2) is 0 Å². The average Bonchev–Trinajstić information content (AvgIpc) is 2.66. The van der Waals surface area contributed by atoms with Crippen LogP contribution >= 0.6 is 0 Å².